The predicted molar refractivity (Wildman–Crippen MR) is 135 cm³/mol. The highest BCUT2D eigenvalue weighted by Crippen LogP contribution is 2.42. The molecule has 0 aliphatic carbocycles. The van der Waals surface area contributed by atoms with Crippen molar-refractivity contribution in [1.82, 2.24) is 14.9 Å². The summed E-state index contributed by atoms with van der Waals surface area (Å²) in [4.78, 5) is 13.5. The highest BCUT2D eigenvalue weighted by molar-refractivity contribution is 5.41. The molecule has 0 saturated carbocycles. The first-order valence-electron chi connectivity index (χ1n) is 12.2. The van der Waals surface area contributed by atoms with E-state index in [1.165, 1.54) is 0 Å². The summed E-state index contributed by atoms with van der Waals surface area (Å²) in [5, 5.41) is 9.44. The summed E-state index contributed by atoms with van der Waals surface area (Å²) < 4.78 is 13.1. The first-order valence-corrected chi connectivity index (χ1v) is 12.2. The Morgan fingerprint density at radius 2 is 1.69 bits per heavy atom. The lowest BCUT2D eigenvalue weighted by Gasteiger charge is -2.44. The van der Waals surface area contributed by atoms with Gasteiger partial charge in [-0.15, -0.1) is 0 Å². The molecule has 4 atom stereocenters. The van der Waals surface area contributed by atoms with Gasteiger partial charge in [-0.25, -0.2) is 9.97 Å². The Balaban J connectivity index is 1.32. The summed E-state index contributed by atoms with van der Waals surface area (Å²) in [7, 11) is 0. The second-order valence-electron chi connectivity index (χ2n) is 9.33. The highest BCUT2D eigenvalue weighted by Gasteiger charge is 2.39. The fraction of sp³-hybridized carbons (Fsp3) is 0.407. The van der Waals surface area contributed by atoms with Crippen molar-refractivity contribution in [2.75, 3.05) is 43.4 Å². The van der Waals surface area contributed by atoms with E-state index in [-0.39, 0.29) is 24.7 Å². The minimum absolute atomic E-state index is 0.0165. The van der Waals surface area contributed by atoms with Gasteiger partial charge in [0.1, 0.15) is 0 Å². The number of hydrogen-bond acceptors (Lipinski definition) is 8. The van der Waals surface area contributed by atoms with E-state index in [1.807, 2.05) is 54.6 Å². The van der Waals surface area contributed by atoms with Gasteiger partial charge in [0.05, 0.1) is 18.8 Å². The summed E-state index contributed by atoms with van der Waals surface area (Å²) in [5.74, 6) is 0.929. The van der Waals surface area contributed by atoms with Crippen LogP contribution in [-0.2, 0) is 16.1 Å². The number of anilines is 2. The van der Waals surface area contributed by atoms with Crippen LogP contribution in [0.5, 0.6) is 0 Å². The van der Waals surface area contributed by atoms with Crippen molar-refractivity contribution in [1.29, 1.82) is 0 Å². The Labute approximate surface area is 206 Å². The number of benzene rings is 2. The van der Waals surface area contributed by atoms with E-state index >= 15 is 0 Å². The van der Waals surface area contributed by atoms with Crippen molar-refractivity contribution < 1.29 is 14.6 Å². The first-order chi connectivity index (χ1) is 17.1. The summed E-state index contributed by atoms with van der Waals surface area (Å²) in [6, 6.07) is 17.6. The van der Waals surface area contributed by atoms with E-state index in [2.05, 4.69) is 26.7 Å². The Morgan fingerprint density at radius 3 is 2.37 bits per heavy atom. The average molecular weight is 476 g/mol. The van der Waals surface area contributed by atoms with Crippen molar-refractivity contribution in [2.24, 2.45) is 5.92 Å². The topological polar surface area (TPSA) is 97.0 Å². The van der Waals surface area contributed by atoms with Crippen LogP contribution in [0.2, 0.25) is 0 Å². The van der Waals surface area contributed by atoms with Crippen molar-refractivity contribution in [3.05, 3.63) is 83.7 Å². The Morgan fingerprint density at radius 1 is 0.943 bits per heavy atom. The lowest BCUT2D eigenvalue weighted by molar-refractivity contribution is -0.276. The predicted octanol–water partition coefficient (Wildman–Crippen LogP) is 3.16. The zero-order valence-electron chi connectivity index (χ0n) is 20.0. The van der Waals surface area contributed by atoms with Crippen molar-refractivity contribution >= 4 is 11.6 Å². The molecule has 2 aromatic carbocycles. The van der Waals surface area contributed by atoms with Gasteiger partial charge in [0.2, 0.25) is 5.95 Å². The molecule has 0 spiro atoms. The van der Waals surface area contributed by atoms with Crippen molar-refractivity contribution in [2.45, 2.75) is 32.0 Å². The van der Waals surface area contributed by atoms with Gasteiger partial charge in [-0.2, -0.15) is 0 Å². The fourth-order valence-electron chi connectivity index (χ4n) is 4.87. The van der Waals surface area contributed by atoms with E-state index in [4.69, 9.17) is 15.2 Å². The fourth-order valence-corrected chi connectivity index (χ4v) is 4.87. The lowest BCUT2D eigenvalue weighted by Crippen LogP contribution is -2.51. The van der Waals surface area contributed by atoms with E-state index in [9.17, 15) is 5.11 Å². The number of ether oxygens (including phenoxy) is 2. The molecule has 35 heavy (non-hydrogen) atoms. The molecular weight excluding hydrogens is 442 g/mol. The van der Waals surface area contributed by atoms with Gasteiger partial charge in [0.25, 0.3) is 0 Å². The molecule has 3 heterocycles. The molecule has 5 rings (SSSR count). The molecule has 0 bridgehead atoms. The van der Waals surface area contributed by atoms with Crippen LogP contribution in [0.3, 0.4) is 0 Å². The summed E-state index contributed by atoms with van der Waals surface area (Å²) in [6.45, 7) is 6.64. The standard InChI is InChI=1S/C27H33N5O3/c1-19-24(17-31-12-14-32(15-13-31)27-29-10-3-11-30-27)34-26(22-4-2-5-23(28)16-22)35-25(19)21-8-6-20(18-33)7-9-21/h2-11,16,19,24-26,33H,12-15,17-18,28H2,1H3/t19-,24+,25+,26+/m0/s1. The number of nitrogen functional groups attached to an aromatic ring is 1. The van der Waals surface area contributed by atoms with Gasteiger partial charge in [-0.05, 0) is 29.3 Å². The number of nitrogens with two attached hydrogens (primary N) is 1. The van der Waals surface area contributed by atoms with Crippen LogP contribution in [0, 0.1) is 5.92 Å². The molecule has 2 saturated heterocycles. The molecule has 2 aliphatic rings. The molecule has 8 heteroatoms. The number of aliphatic hydroxyl groups excluding tert-OH is 1. The van der Waals surface area contributed by atoms with Gasteiger partial charge >= 0.3 is 0 Å². The van der Waals surface area contributed by atoms with Gasteiger partial charge < -0.3 is 25.2 Å². The summed E-state index contributed by atoms with van der Waals surface area (Å²) in [5.41, 5.74) is 9.64. The molecule has 0 radical (unpaired) electrons. The molecule has 8 nitrogen and oxygen atoms in total. The Bertz CT molecular complexity index is 1090. The second-order valence-corrected chi connectivity index (χ2v) is 9.33. The third kappa shape index (κ3) is 5.46. The third-order valence-corrected chi connectivity index (χ3v) is 6.95. The summed E-state index contributed by atoms with van der Waals surface area (Å²) >= 11 is 0. The third-order valence-electron chi connectivity index (χ3n) is 6.95. The largest absolute Gasteiger partial charge is 0.399 e. The molecule has 184 valence electrons. The molecule has 0 amide bonds. The maximum atomic E-state index is 9.44. The number of rotatable bonds is 6. The van der Waals surface area contributed by atoms with Gasteiger partial charge in [-0.1, -0.05) is 43.3 Å². The minimum atomic E-state index is -0.499. The van der Waals surface area contributed by atoms with Crippen LogP contribution < -0.4 is 10.6 Å². The van der Waals surface area contributed by atoms with Crippen LogP contribution in [0.25, 0.3) is 0 Å². The molecule has 2 fully saturated rings. The van der Waals surface area contributed by atoms with Crippen LogP contribution in [0.1, 0.15) is 36.0 Å². The van der Waals surface area contributed by atoms with Crippen molar-refractivity contribution in [3.8, 4) is 0 Å². The Kier molecular flexibility index (Phi) is 7.24. The molecule has 2 aliphatic heterocycles. The molecule has 1 aromatic heterocycles. The van der Waals surface area contributed by atoms with Gasteiger partial charge in [0, 0.05) is 62.3 Å². The van der Waals surface area contributed by atoms with Crippen LogP contribution in [0.15, 0.2) is 67.0 Å². The quantitative estimate of drug-likeness (QED) is 0.525. The maximum Gasteiger partial charge on any atom is 0.225 e. The normalized spacial score (nSPS) is 25.5. The van der Waals surface area contributed by atoms with E-state index in [0.717, 1.165) is 55.4 Å². The first kappa shape index (κ1) is 23.7. The number of aromatic nitrogens is 2. The monoisotopic (exact) mass is 475 g/mol. The summed E-state index contributed by atoms with van der Waals surface area (Å²) in [6.07, 6.45) is 2.93. The average Bonchev–Trinajstić information content (AvgIpc) is 2.91. The van der Waals surface area contributed by atoms with E-state index in [0.29, 0.717) is 5.69 Å². The van der Waals surface area contributed by atoms with E-state index in [1.54, 1.807) is 12.4 Å². The van der Waals surface area contributed by atoms with Crippen molar-refractivity contribution in [3.63, 3.8) is 0 Å². The molecule has 3 N–H and O–H groups in total. The maximum absolute atomic E-state index is 9.44. The highest BCUT2D eigenvalue weighted by atomic mass is 16.7. The smallest absolute Gasteiger partial charge is 0.225 e. The zero-order valence-corrected chi connectivity index (χ0v) is 20.0. The minimum Gasteiger partial charge on any atom is -0.399 e. The number of hydrogen-bond donors (Lipinski definition) is 2. The molecule has 3 aromatic rings. The number of piperazine rings is 1. The van der Waals surface area contributed by atoms with Crippen LogP contribution in [-0.4, -0.2) is 58.8 Å². The second kappa shape index (κ2) is 10.7. The van der Waals surface area contributed by atoms with Crippen LogP contribution in [0.4, 0.5) is 11.6 Å². The van der Waals surface area contributed by atoms with E-state index < -0.39 is 6.29 Å². The van der Waals surface area contributed by atoms with Crippen LogP contribution >= 0.6 is 0 Å². The SMILES string of the molecule is C[C@H]1[C@@H](CN2CCN(c3ncccn3)CC2)O[C@@H](c2cccc(N)c2)O[C@H]1c1ccc(CO)cc1. The Hall–Kier alpha value is -3.04. The zero-order chi connectivity index (χ0) is 24.2. The number of nitrogens with zero attached hydrogens (tertiary/aromatic N) is 4. The lowest BCUT2D eigenvalue weighted by atomic mass is 9.90. The number of aliphatic hydroxyl groups is 1. The van der Waals surface area contributed by atoms with Gasteiger partial charge in [0.15, 0.2) is 6.29 Å². The molecular formula is C27H33N5O3. The van der Waals surface area contributed by atoms with Gasteiger partial charge in [-0.3, -0.25) is 4.90 Å². The molecule has 0 unspecified atom stereocenters.